The zero-order chi connectivity index (χ0) is 13.9. The normalized spacial score (nSPS) is 30.2. The van der Waals surface area contributed by atoms with Gasteiger partial charge in [0.1, 0.15) is 0 Å². The van der Waals surface area contributed by atoms with Gasteiger partial charge in [-0.1, -0.05) is 24.4 Å². The number of hydrogen-bond acceptors (Lipinski definition) is 3. The maximum Gasteiger partial charge on any atom is 0.0934 e. The van der Waals surface area contributed by atoms with Crippen LogP contribution in [0.1, 0.15) is 55.0 Å². The van der Waals surface area contributed by atoms with Crippen LogP contribution in [0.15, 0.2) is 6.07 Å². The Kier molecular flexibility index (Phi) is 5.03. The fourth-order valence-corrected chi connectivity index (χ4v) is 5.20. The first-order chi connectivity index (χ1) is 9.78. The highest BCUT2D eigenvalue weighted by Gasteiger charge is 2.27. The molecule has 1 heterocycles. The number of thiophene rings is 1. The van der Waals surface area contributed by atoms with Crippen molar-refractivity contribution in [3.05, 3.63) is 20.8 Å². The molecule has 2 N–H and O–H groups in total. The zero-order valence-electron chi connectivity index (χ0n) is 11.9. The lowest BCUT2D eigenvalue weighted by Crippen LogP contribution is -2.35. The van der Waals surface area contributed by atoms with Gasteiger partial charge in [-0.05, 0) is 62.1 Å². The fourth-order valence-electron chi connectivity index (χ4n) is 3.82. The van der Waals surface area contributed by atoms with Gasteiger partial charge in [-0.25, -0.2) is 0 Å². The van der Waals surface area contributed by atoms with Crippen molar-refractivity contribution in [2.24, 2.45) is 11.8 Å². The molecule has 0 saturated heterocycles. The summed E-state index contributed by atoms with van der Waals surface area (Å²) in [7, 11) is 0. The minimum atomic E-state index is 0.354. The van der Waals surface area contributed by atoms with Crippen LogP contribution in [0.4, 0.5) is 0 Å². The largest absolute Gasteiger partial charge is 0.396 e. The Hall–Kier alpha value is -0.0900. The Morgan fingerprint density at radius 1 is 1.20 bits per heavy atom. The molecule has 1 fully saturated rings. The summed E-state index contributed by atoms with van der Waals surface area (Å²) in [4.78, 5) is 1.47. The molecular weight excluding hydrogens is 290 g/mol. The highest BCUT2D eigenvalue weighted by atomic mass is 35.5. The first-order valence-electron chi connectivity index (χ1n) is 7.90. The van der Waals surface area contributed by atoms with Gasteiger partial charge >= 0.3 is 0 Å². The third-order valence-electron chi connectivity index (χ3n) is 5.01. The standard InChI is InChI=1S/C16H24ClNOS/c17-16-8-13-14(6-3-7-15(13)20-16)18-9-11-4-1-2-5-12(11)10-19/h8,11-12,14,18-19H,1-7,9-10H2. The van der Waals surface area contributed by atoms with Crippen LogP contribution in [0.5, 0.6) is 0 Å². The summed E-state index contributed by atoms with van der Waals surface area (Å²) in [5.74, 6) is 1.15. The number of aliphatic hydroxyl groups excluding tert-OH is 1. The molecule has 3 atom stereocenters. The van der Waals surface area contributed by atoms with Crippen molar-refractivity contribution in [1.29, 1.82) is 0 Å². The highest BCUT2D eigenvalue weighted by Crippen LogP contribution is 2.38. The van der Waals surface area contributed by atoms with E-state index in [2.05, 4.69) is 11.4 Å². The maximum absolute atomic E-state index is 9.52. The molecule has 3 rings (SSSR count). The smallest absolute Gasteiger partial charge is 0.0934 e. The predicted octanol–water partition coefficient (Wildman–Crippen LogP) is 4.17. The Bertz CT molecular complexity index is 448. The number of fused-ring (bicyclic) bond motifs is 1. The van der Waals surface area contributed by atoms with Gasteiger partial charge in [0, 0.05) is 17.5 Å². The van der Waals surface area contributed by atoms with E-state index in [1.165, 1.54) is 55.4 Å². The van der Waals surface area contributed by atoms with Crippen molar-refractivity contribution >= 4 is 22.9 Å². The van der Waals surface area contributed by atoms with Gasteiger partial charge in [-0.15, -0.1) is 11.3 Å². The predicted molar refractivity (Wildman–Crippen MR) is 85.5 cm³/mol. The molecule has 0 amide bonds. The van der Waals surface area contributed by atoms with Crippen molar-refractivity contribution in [3.8, 4) is 0 Å². The number of halogens is 1. The number of rotatable bonds is 4. The lowest BCUT2D eigenvalue weighted by molar-refractivity contribution is 0.130. The van der Waals surface area contributed by atoms with E-state index in [-0.39, 0.29) is 0 Å². The van der Waals surface area contributed by atoms with E-state index in [9.17, 15) is 5.11 Å². The van der Waals surface area contributed by atoms with E-state index in [1.54, 1.807) is 11.3 Å². The van der Waals surface area contributed by atoms with E-state index in [0.29, 0.717) is 24.5 Å². The summed E-state index contributed by atoms with van der Waals surface area (Å²) < 4.78 is 0.926. The van der Waals surface area contributed by atoms with Crippen LogP contribution in [0.2, 0.25) is 4.34 Å². The summed E-state index contributed by atoms with van der Waals surface area (Å²) >= 11 is 7.91. The number of aryl methyl sites for hydroxylation is 1. The second-order valence-electron chi connectivity index (χ2n) is 6.27. The van der Waals surface area contributed by atoms with Gasteiger partial charge in [0.15, 0.2) is 0 Å². The van der Waals surface area contributed by atoms with E-state index >= 15 is 0 Å². The van der Waals surface area contributed by atoms with Crippen LogP contribution >= 0.6 is 22.9 Å². The Morgan fingerprint density at radius 2 is 2.00 bits per heavy atom. The minimum Gasteiger partial charge on any atom is -0.396 e. The molecule has 1 aromatic heterocycles. The van der Waals surface area contributed by atoms with Gasteiger partial charge in [0.2, 0.25) is 0 Å². The summed E-state index contributed by atoms with van der Waals surface area (Å²) in [6.45, 7) is 1.40. The van der Waals surface area contributed by atoms with Crippen LogP contribution in [-0.4, -0.2) is 18.3 Å². The van der Waals surface area contributed by atoms with Crippen LogP contribution in [0.25, 0.3) is 0 Å². The molecule has 2 nitrogen and oxygen atoms in total. The first-order valence-corrected chi connectivity index (χ1v) is 9.09. The molecule has 0 spiro atoms. The quantitative estimate of drug-likeness (QED) is 0.874. The van der Waals surface area contributed by atoms with E-state index < -0.39 is 0 Å². The van der Waals surface area contributed by atoms with E-state index in [1.807, 2.05) is 0 Å². The summed E-state index contributed by atoms with van der Waals surface area (Å²) in [5, 5.41) is 13.3. The Balaban J connectivity index is 1.61. The Labute approximate surface area is 130 Å². The first kappa shape index (κ1) is 14.8. The second-order valence-corrected chi connectivity index (χ2v) is 8.04. The third kappa shape index (κ3) is 3.22. The molecule has 0 aromatic carbocycles. The second kappa shape index (κ2) is 6.78. The van der Waals surface area contributed by atoms with Gasteiger partial charge in [-0.2, -0.15) is 0 Å². The van der Waals surface area contributed by atoms with Crippen LogP contribution < -0.4 is 5.32 Å². The number of nitrogens with one attached hydrogen (secondary N) is 1. The molecule has 1 aromatic rings. The molecule has 112 valence electrons. The zero-order valence-corrected chi connectivity index (χ0v) is 13.5. The molecule has 2 aliphatic rings. The third-order valence-corrected chi connectivity index (χ3v) is 6.35. The van der Waals surface area contributed by atoms with Gasteiger partial charge < -0.3 is 10.4 Å². The topological polar surface area (TPSA) is 32.3 Å². The van der Waals surface area contributed by atoms with Gasteiger partial charge in [0.25, 0.3) is 0 Å². The summed E-state index contributed by atoms with van der Waals surface area (Å²) in [6.07, 6.45) is 8.74. The monoisotopic (exact) mass is 313 g/mol. The van der Waals surface area contributed by atoms with Crippen LogP contribution in [-0.2, 0) is 6.42 Å². The van der Waals surface area contributed by atoms with Crippen molar-refractivity contribution in [1.82, 2.24) is 5.32 Å². The molecule has 0 aliphatic heterocycles. The molecular formula is C16H24ClNOS. The van der Waals surface area contributed by atoms with Crippen molar-refractivity contribution in [2.45, 2.75) is 51.0 Å². The van der Waals surface area contributed by atoms with E-state index in [0.717, 1.165) is 10.9 Å². The molecule has 2 aliphatic carbocycles. The lowest BCUT2D eigenvalue weighted by atomic mass is 9.79. The maximum atomic E-state index is 9.52. The van der Waals surface area contributed by atoms with Crippen LogP contribution in [0, 0.1) is 11.8 Å². The molecule has 3 unspecified atom stereocenters. The van der Waals surface area contributed by atoms with Gasteiger partial charge in [0.05, 0.1) is 4.34 Å². The molecule has 20 heavy (non-hydrogen) atoms. The molecule has 0 bridgehead atoms. The number of aliphatic hydroxyl groups is 1. The fraction of sp³-hybridized carbons (Fsp3) is 0.750. The highest BCUT2D eigenvalue weighted by molar-refractivity contribution is 7.16. The van der Waals surface area contributed by atoms with E-state index in [4.69, 9.17) is 11.6 Å². The van der Waals surface area contributed by atoms with Crippen molar-refractivity contribution in [2.75, 3.05) is 13.2 Å². The minimum absolute atomic E-state index is 0.354. The van der Waals surface area contributed by atoms with Crippen LogP contribution in [0.3, 0.4) is 0 Å². The SMILES string of the molecule is OCC1CCCCC1CNC1CCCc2sc(Cl)cc21. The van der Waals surface area contributed by atoms with Gasteiger partial charge in [-0.3, -0.25) is 0 Å². The lowest BCUT2D eigenvalue weighted by Gasteiger charge is -2.33. The average Bonchev–Trinajstić information content (AvgIpc) is 2.86. The summed E-state index contributed by atoms with van der Waals surface area (Å²) in [6, 6.07) is 2.63. The summed E-state index contributed by atoms with van der Waals surface area (Å²) in [5.41, 5.74) is 1.43. The average molecular weight is 314 g/mol. The van der Waals surface area contributed by atoms with Crippen molar-refractivity contribution < 1.29 is 5.11 Å². The molecule has 4 heteroatoms. The number of hydrogen-bond donors (Lipinski definition) is 2. The van der Waals surface area contributed by atoms with Crippen molar-refractivity contribution in [3.63, 3.8) is 0 Å². The molecule has 0 radical (unpaired) electrons. The molecule has 1 saturated carbocycles. The Morgan fingerprint density at radius 3 is 2.80 bits per heavy atom.